The maximum atomic E-state index is 13.5. The zero-order valence-electron chi connectivity index (χ0n) is 19.5. The highest BCUT2D eigenvalue weighted by Crippen LogP contribution is 2.40. The molecule has 32 heavy (non-hydrogen) atoms. The van der Waals surface area contributed by atoms with Crippen LogP contribution in [-0.4, -0.2) is 61.1 Å². The fourth-order valence-electron chi connectivity index (χ4n) is 3.96. The molecule has 2 atom stereocenters. The highest BCUT2D eigenvalue weighted by atomic mass is 32.1. The Labute approximate surface area is 194 Å². The van der Waals surface area contributed by atoms with Crippen LogP contribution < -0.4 is 4.74 Å². The van der Waals surface area contributed by atoms with E-state index in [9.17, 15) is 14.4 Å². The third-order valence-corrected chi connectivity index (χ3v) is 6.50. The molecule has 1 fully saturated rings. The van der Waals surface area contributed by atoms with Crippen LogP contribution in [0.15, 0.2) is 35.7 Å². The molecule has 0 bridgehead atoms. The standard InChI is InChI=1S/C25H32N2O4S/c1-16(2)15-31-19-10-9-18(14-17(19)3)23(28)21-22(20-8-6-13-32-20)27(25(30)24(21)29)12-7-11-26(4)5/h6,8-10,13-14,16,21-22H,7,11-12,15H2,1-5H3. The summed E-state index contributed by atoms with van der Waals surface area (Å²) in [6, 6.07) is 8.47. The van der Waals surface area contributed by atoms with E-state index in [0.29, 0.717) is 24.6 Å². The number of carbonyl (C=O) groups excluding carboxylic acids is 3. The third kappa shape index (κ3) is 5.27. The largest absolute Gasteiger partial charge is 0.493 e. The van der Waals surface area contributed by atoms with Gasteiger partial charge in [0.05, 0.1) is 12.6 Å². The summed E-state index contributed by atoms with van der Waals surface area (Å²) >= 11 is 1.47. The van der Waals surface area contributed by atoms with Crippen LogP contribution in [-0.2, 0) is 9.59 Å². The van der Waals surface area contributed by atoms with E-state index in [-0.39, 0.29) is 5.78 Å². The first kappa shape index (κ1) is 24.1. The second kappa shape index (κ2) is 10.4. The number of hydrogen-bond acceptors (Lipinski definition) is 6. The summed E-state index contributed by atoms with van der Waals surface area (Å²) in [7, 11) is 3.94. The summed E-state index contributed by atoms with van der Waals surface area (Å²) in [5.41, 5.74) is 1.27. The van der Waals surface area contributed by atoms with Crippen molar-refractivity contribution in [3.8, 4) is 5.75 Å². The number of rotatable bonds is 10. The SMILES string of the molecule is Cc1cc(C(=O)C2C(=O)C(=O)N(CCCN(C)C)C2c2cccs2)ccc1OCC(C)C. The van der Waals surface area contributed by atoms with E-state index in [0.717, 1.165) is 29.2 Å². The summed E-state index contributed by atoms with van der Waals surface area (Å²) in [5, 5.41) is 1.91. The lowest BCUT2D eigenvalue weighted by Crippen LogP contribution is -2.32. The van der Waals surface area contributed by atoms with E-state index >= 15 is 0 Å². The van der Waals surface area contributed by atoms with Crippen molar-refractivity contribution in [1.82, 2.24) is 9.80 Å². The third-order valence-electron chi connectivity index (χ3n) is 5.56. The number of benzene rings is 1. The van der Waals surface area contributed by atoms with Crippen molar-refractivity contribution in [2.24, 2.45) is 11.8 Å². The van der Waals surface area contributed by atoms with Gasteiger partial charge in [-0.3, -0.25) is 14.4 Å². The summed E-state index contributed by atoms with van der Waals surface area (Å²) in [6.45, 7) is 7.86. The van der Waals surface area contributed by atoms with Crippen molar-refractivity contribution in [3.05, 3.63) is 51.7 Å². The number of ketones is 2. The zero-order valence-corrected chi connectivity index (χ0v) is 20.3. The topological polar surface area (TPSA) is 66.9 Å². The molecule has 172 valence electrons. The van der Waals surface area contributed by atoms with Gasteiger partial charge in [0, 0.05) is 17.0 Å². The Morgan fingerprint density at radius 1 is 1.22 bits per heavy atom. The molecule has 2 aromatic rings. The number of Topliss-reactive ketones (excluding diaryl/α,β-unsaturated/α-hetero) is 2. The van der Waals surface area contributed by atoms with Gasteiger partial charge < -0.3 is 14.5 Å². The van der Waals surface area contributed by atoms with Crippen LogP contribution in [0.3, 0.4) is 0 Å². The van der Waals surface area contributed by atoms with Gasteiger partial charge in [0.15, 0.2) is 5.78 Å². The molecule has 1 saturated heterocycles. The minimum atomic E-state index is -1.03. The molecule has 3 rings (SSSR count). The van der Waals surface area contributed by atoms with Gasteiger partial charge in [-0.15, -0.1) is 11.3 Å². The molecule has 0 N–H and O–H groups in total. The first-order valence-corrected chi connectivity index (χ1v) is 11.9. The van der Waals surface area contributed by atoms with Gasteiger partial charge in [0.2, 0.25) is 5.78 Å². The normalized spacial score (nSPS) is 18.8. The Hall–Kier alpha value is -2.51. The lowest BCUT2D eigenvalue weighted by atomic mass is 9.88. The number of hydrogen-bond donors (Lipinski definition) is 0. The maximum Gasteiger partial charge on any atom is 0.291 e. The number of nitrogens with zero attached hydrogens (tertiary/aromatic N) is 2. The average Bonchev–Trinajstić information content (AvgIpc) is 3.34. The number of carbonyl (C=O) groups is 3. The summed E-state index contributed by atoms with van der Waals surface area (Å²) < 4.78 is 5.81. The van der Waals surface area contributed by atoms with E-state index in [4.69, 9.17) is 4.74 Å². The molecule has 0 saturated carbocycles. The quantitative estimate of drug-likeness (QED) is 0.307. The summed E-state index contributed by atoms with van der Waals surface area (Å²) in [4.78, 5) is 43.9. The van der Waals surface area contributed by atoms with E-state index in [1.165, 1.54) is 11.3 Å². The predicted molar refractivity (Wildman–Crippen MR) is 126 cm³/mol. The highest BCUT2D eigenvalue weighted by Gasteiger charge is 2.51. The van der Waals surface area contributed by atoms with Gasteiger partial charge >= 0.3 is 0 Å². The van der Waals surface area contributed by atoms with Crippen LogP contribution in [0.5, 0.6) is 5.75 Å². The van der Waals surface area contributed by atoms with Crippen LogP contribution in [0.2, 0.25) is 0 Å². The molecule has 1 aromatic carbocycles. The van der Waals surface area contributed by atoms with Gasteiger partial charge in [0.25, 0.3) is 5.91 Å². The minimum Gasteiger partial charge on any atom is -0.493 e. The molecule has 6 nitrogen and oxygen atoms in total. The average molecular weight is 457 g/mol. The van der Waals surface area contributed by atoms with Crippen LogP contribution in [0, 0.1) is 18.8 Å². The van der Waals surface area contributed by atoms with E-state index in [1.807, 2.05) is 43.4 Å². The highest BCUT2D eigenvalue weighted by molar-refractivity contribution is 7.10. The second-order valence-corrected chi connectivity index (χ2v) is 9.99. The van der Waals surface area contributed by atoms with Gasteiger partial charge in [-0.2, -0.15) is 0 Å². The number of ether oxygens (including phenoxy) is 1. The number of thiophene rings is 1. The Balaban J connectivity index is 1.88. The fourth-order valence-corrected chi connectivity index (χ4v) is 4.84. The monoisotopic (exact) mass is 456 g/mol. The Bertz CT molecular complexity index is 968. The Kier molecular flexibility index (Phi) is 7.85. The van der Waals surface area contributed by atoms with E-state index in [2.05, 4.69) is 13.8 Å². The number of aryl methyl sites for hydroxylation is 1. The van der Waals surface area contributed by atoms with Crippen molar-refractivity contribution in [2.45, 2.75) is 33.2 Å². The summed E-state index contributed by atoms with van der Waals surface area (Å²) in [6.07, 6.45) is 0.732. The van der Waals surface area contributed by atoms with Crippen LogP contribution in [0.1, 0.15) is 47.1 Å². The maximum absolute atomic E-state index is 13.5. The van der Waals surface area contributed by atoms with Crippen LogP contribution >= 0.6 is 11.3 Å². The fraction of sp³-hybridized carbons (Fsp3) is 0.480. The molecule has 0 aliphatic carbocycles. The smallest absolute Gasteiger partial charge is 0.291 e. The van der Waals surface area contributed by atoms with Crippen LogP contribution in [0.4, 0.5) is 0 Å². The van der Waals surface area contributed by atoms with Gasteiger partial charge in [0.1, 0.15) is 11.7 Å². The van der Waals surface area contributed by atoms with E-state index < -0.39 is 23.7 Å². The predicted octanol–water partition coefficient (Wildman–Crippen LogP) is 3.99. The first-order chi connectivity index (χ1) is 15.2. The second-order valence-electron chi connectivity index (χ2n) is 9.01. The molecule has 1 aliphatic rings. The van der Waals surface area contributed by atoms with Gasteiger partial charge in [-0.05, 0) is 75.1 Å². The summed E-state index contributed by atoms with van der Waals surface area (Å²) in [5.74, 6) is -1.39. The molecule has 1 aliphatic heterocycles. The number of amides is 1. The molecule has 2 heterocycles. The zero-order chi connectivity index (χ0) is 23.4. The van der Waals surface area contributed by atoms with Crippen molar-refractivity contribution in [3.63, 3.8) is 0 Å². The van der Waals surface area contributed by atoms with Crippen LogP contribution in [0.25, 0.3) is 0 Å². The molecule has 7 heteroatoms. The van der Waals surface area contributed by atoms with Crippen molar-refractivity contribution < 1.29 is 19.1 Å². The van der Waals surface area contributed by atoms with Crippen molar-refractivity contribution >= 4 is 28.8 Å². The molecular weight excluding hydrogens is 424 g/mol. The first-order valence-electron chi connectivity index (χ1n) is 11.0. The minimum absolute atomic E-state index is 0.310. The molecule has 0 radical (unpaired) electrons. The lowest BCUT2D eigenvalue weighted by molar-refractivity contribution is -0.140. The Morgan fingerprint density at radius 3 is 2.56 bits per heavy atom. The van der Waals surface area contributed by atoms with Crippen molar-refractivity contribution in [1.29, 1.82) is 0 Å². The molecule has 0 spiro atoms. The number of likely N-dealkylation sites (tertiary alicyclic amines) is 1. The molecule has 1 aromatic heterocycles. The van der Waals surface area contributed by atoms with Crippen molar-refractivity contribution in [2.75, 3.05) is 33.8 Å². The molecular formula is C25H32N2O4S. The van der Waals surface area contributed by atoms with Gasteiger partial charge in [-0.1, -0.05) is 19.9 Å². The Morgan fingerprint density at radius 2 is 1.97 bits per heavy atom. The lowest BCUT2D eigenvalue weighted by Gasteiger charge is -2.26. The molecule has 2 unspecified atom stereocenters. The molecule has 1 amide bonds. The van der Waals surface area contributed by atoms with Gasteiger partial charge in [-0.25, -0.2) is 0 Å². The van der Waals surface area contributed by atoms with E-state index in [1.54, 1.807) is 23.1 Å².